The molecule has 2 heteroatoms. The lowest BCUT2D eigenvalue weighted by molar-refractivity contribution is 0.758. The number of rotatable bonds is 4. The third-order valence-electron chi connectivity index (χ3n) is 2.65. The number of benzene rings is 1. The number of nitrogens with zero attached hydrogens (tertiary/aromatic N) is 1. The van der Waals surface area contributed by atoms with E-state index in [1.54, 1.807) is 0 Å². The van der Waals surface area contributed by atoms with Gasteiger partial charge in [0.25, 0.3) is 0 Å². The molecule has 0 unspecified atom stereocenters. The third kappa shape index (κ3) is 3.40. The van der Waals surface area contributed by atoms with E-state index in [4.69, 9.17) is 0 Å². The summed E-state index contributed by atoms with van der Waals surface area (Å²) in [7, 11) is 0. The van der Waals surface area contributed by atoms with Crippen molar-refractivity contribution in [2.24, 2.45) is 0 Å². The Kier molecular flexibility index (Phi) is 3.89. The van der Waals surface area contributed by atoms with Gasteiger partial charge in [0.15, 0.2) is 0 Å². The molecule has 0 amide bonds. The van der Waals surface area contributed by atoms with Crippen molar-refractivity contribution in [3.63, 3.8) is 0 Å². The summed E-state index contributed by atoms with van der Waals surface area (Å²) in [5, 5.41) is 4.60. The fraction of sp³-hybridized carbons (Fsp3) is 0.267. The number of hydrogen-bond donors (Lipinski definition) is 1. The van der Waals surface area contributed by atoms with Gasteiger partial charge in [-0.15, -0.1) is 0 Å². The molecule has 2 rings (SSSR count). The maximum atomic E-state index is 4.31. The van der Waals surface area contributed by atoms with E-state index in [2.05, 4.69) is 54.5 Å². The normalized spacial score (nSPS) is 10.5. The number of hydrogen-bond acceptors (Lipinski definition) is 2. The van der Waals surface area contributed by atoms with Gasteiger partial charge < -0.3 is 5.32 Å². The second kappa shape index (κ2) is 5.60. The Labute approximate surface area is 102 Å². The van der Waals surface area contributed by atoms with Gasteiger partial charge in [0, 0.05) is 24.7 Å². The number of nitrogens with one attached hydrogen (secondary N) is 1. The third-order valence-corrected chi connectivity index (χ3v) is 2.65. The highest BCUT2D eigenvalue weighted by molar-refractivity contribution is 5.78. The largest absolute Gasteiger partial charge is 0.309 e. The molecule has 0 saturated carbocycles. The highest BCUT2D eigenvalue weighted by Gasteiger charge is 1.96. The first-order chi connectivity index (χ1) is 8.25. The van der Waals surface area contributed by atoms with Crippen molar-refractivity contribution in [3.8, 4) is 0 Å². The minimum atomic E-state index is 0.897. The number of aromatic nitrogens is 1. The summed E-state index contributed by atoms with van der Waals surface area (Å²) in [5.74, 6) is 0. The summed E-state index contributed by atoms with van der Waals surface area (Å²) in [6.45, 7) is 6.05. The van der Waals surface area contributed by atoms with Crippen molar-refractivity contribution < 1.29 is 0 Å². The van der Waals surface area contributed by atoms with Crippen LogP contribution < -0.4 is 5.32 Å². The lowest BCUT2D eigenvalue weighted by Gasteiger charge is -2.04. The standard InChI is InChI=1S/C15H18N2/c1-12(2)7-9-16-11-13-5-6-15-14(10-13)4-3-8-17-15/h3-8,10,16H,9,11H2,1-2H3. The van der Waals surface area contributed by atoms with Crippen molar-refractivity contribution >= 4 is 10.9 Å². The van der Waals surface area contributed by atoms with Crippen LogP contribution in [0.1, 0.15) is 19.4 Å². The molecule has 0 bridgehead atoms. The van der Waals surface area contributed by atoms with Crippen LogP contribution >= 0.6 is 0 Å². The van der Waals surface area contributed by atoms with E-state index in [1.807, 2.05) is 12.3 Å². The molecule has 0 aliphatic heterocycles. The molecule has 1 N–H and O–H groups in total. The summed E-state index contributed by atoms with van der Waals surface area (Å²) >= 11 is 0. The quantitative estimate of drug-likeness (QED) is 0.639. The predicted molar refractivity (Wildman–Crippen MR) is 72.9 cm³/mol. The van der Waals surface area contributed by atoms with Crippen molar-refractivity contribution in [2.45, 2.75) is 20.4 Å². The van der Waals surface area contributed by atoms with E-state index in [0.29, 0.717) is 0 Å². The van der Waals surface area contributed by atoms with E-state index in [9.17, 15) is 0 Å². The SMILES string of the molecule is CC(C)=CCNCc1ccc2ncccc2c1. The Morgan fingerprint density at radius 2 is 2.18 bits per heavy atom. The minimum absolute atomic E-state index is 0.897. The van der Waals surface area contributed by atoms with E-state index in [0.717, 1.165) is 18.6 Å². The van der Waals surface area contributed by atoms with Gasteiger partial charge in [0.05, 0.1) is 5.52 Å². The maximum Gasteiger partial charge on any atom is 0.0702 e. The second-order valence-electron chi connectivity index (χ2n) is 4.44. The topological polar surface area (TPSA) is 24.9 Å². The van der Waals surface area contributed by atoms with Gasteiger partial charge >= 0.3 is 0 Å². The van der Waals surface area contributed by atoms with Crippen molar-refractivity contribution in [1.29, 1.82) is 0 Å². The Morgan fingerprint density at radius 3 is 3.00 bits per heavy atom. The molecule has 17 heavy (non-hydrogen) atoms. The first-order valence-electron chi connectivity index (χ1n) is 5.93. The zero-order valence-corrected chi connectivity index (χ0v) is 10.4. The van der Waals surface area contributed by atoms with Crippen LogP contribution in [-0.2, 0) is 6.54 Å². The second-order valence-corrected chi connectivity index (χ2v) is 4.44. The smallest absolute Gasteiger partial charge is 0.0702 e. The van der Waals surface area contributed by atoms with Crippen LogP contribution in [0.3, 0.4) is 0 Å². The molecular weight excluding hydrogens is 208 g/mol. The van der Waals surface area contributed by atoms with E-state index < -0.39 is 0 Å². The maximum absolute atomic E-state index is 4.31. The van der Waals surface area contributed by atoms with Gasteiger partial charge in [-0.05, 0) is 37.6 Å². The first-order valence-corrected chi connectivity index (χ1v) is 5.93. The molecule has 1 aromatic carbocycles. The zero-order valence-electron chi connectivity index (χ0n) is 10.4. The van der Waals surface area contributed by atoms with Crippen molar-refractivity contribution in [2.75, 3.05) is 6.54 Å². The summed E-state index contributed by atoms with van der Waals surface area (Å²) in [5.41, 5.74) is 3.70. The molecule has 0 aliphatic carbocycles. The molecule has 0 spiro atoms. The Bertz CT molecular complexity index is 525. The molecule has 2 nitrogen and oxygen atoms in total. The van der Waals surface area contributed by atoms with Crippen LogP contribution in [0.4, 0.5) is 0 Å². The van der Waals surface area contributed by atoms with Gasteiger partial charge in [-0.2, -0.15) is 0 Å². The van der Waals surface area contributed by atoms with Gasteiger partial charge in [-0.25, -0.2) is 0 Å². The van der Waals surface area contributed by atoms with Crippen molar-refractivity contribution in [1.82, 2.24) is 10.3 Å². The molecule has 0 radical (unpaired) electrons. The minimum Gasteiger partial charge on any atom is -0.309 e. The van der Waals surface area contributed by atoms with Crippen LogP contribution in [0.2, 0.25) is 0 Å². The van der Waals surface area contributed by atoms with Crippen LogP contribution in [0, 0.1) is 0 Å². The van der Waals surface area contributed by atoms with Crippen LogP contribution in [0.15, 0.2) is 48.2 Å². The van der Waals surface area contributed by atoms with E-state index >= 15 is 0 Å². The number of allylic oxidation sites excluding steroid dienone is 1. The first kappa shape index (κ1) is 11.8. The monoisotopic (exact) mass is 226 g/mol. The lowest BCUT2D eigenvalue weighted by Crippen LogP contribution is -2.12. The number of fused-ring (bicyclic) bond motifs is 1. The molecule has 1 heterocycles. The lowest BCUT2D eigenvalue weighted by atomic mass is 10.1. The molecule has 0 saturated heterocycles. The Hall–Kier alpha value is -1.67. The highest BCUT2D eigenvalue weighted by Crippen LogP contribution is 2.12. The van der Waals surface area contributed by atoms with Gasteiger partial charge in [-0.3, -0.25) is 4.98 Å². The summed E-state index contributed by atoms with van der Waals surface area (Å²) in [4.78, 5) is 4.31. The predicted octanol–water partition coefficient (Wildman–Crippen LogP) is 3.29. The van der Waals surface area contributed by atoms with Crippen LogP contribution in [-0.4, -0.2) is 11.5 Å². The highest BCUT2D eigenvalue weighted by atomic mass is 14.8. The van der Waals surface area contributed by atoms with E-state index in [-0.39, 0.29) is 0 Å². The molecule has 88 valence electrons. The van der Waals surface area contributed by atoms with Gasteiger partial charge in [0.1, 0.15) is 0 Å². The molecular formula is C15H18N2. The number of pyridine rings is 1. The molecule has 0 fully saturated rings. The fourth-order valence-electron chi connectivity index (χ4n) is 1.73. The Morgan fingerprint density at radius 1 is 1.29 bits per heavy atom. The van der Waals surface area contributed by atoms with Crippen molar-refractivity contribution in [3.05, 3.63) is 53.7 Å². The molecule has 1 aromatic heterocycles. The van der Waals surface area contributed by atoms with Gasteiger partial charge in [-0.1, -0.05) is 23.8 Å². The Balaban J connectivity index is 2.02. The zero-order chi connectivity index (χ0) is 12.1. The van der Waals surface area contributed by atoms with Crippen LogP contribution in [0.5, 0.6) is 0 Å². The average molecular weight is 226 g/mol. The molecule has 2 aromatic rings. The summed E-state index contributed by atoms with van der Waals surface area (Å²) < 4.78 is 0. The summed E-state index contributed by atoms with van der Waals surface area (Å²) in [6, 6.07) is 10.5. The molecule has 0 aliphatic rings. The van der Waals surface area contributed by atoms with E-state index in [1.165, 1.54) is 16.5 Å². The molecule has 0 atom stereocenters. The average Bonchev–Trinajstić information content (AvgIpc) is 2.34. The summed E-state index contributed by atoms with van der Waals surface area (Å²) in [6.07, 6.45) is 4.03. The fourth-order valence-corrected chi connectivity index (χ4v) is 1.73. The van der Waals surface area contributed by atoms with Gasteiger partial charge in [0.2, 0.25) is 0 Å². The van der Waals surface area contributed by atoms with Crippen LogP contribution in [0.25, 0.3) is 10.9 Å².